The average Bonchev–Trinajstić information content (AvgIpc) is 0.722. The zero-order valence-corrected chi connectivity index (χ0v) is 8.82. The summed E-state index contributed by atoms with van der Waals surface area (Å²) >= 11 is -5.12. The molecule has 4 nitrogen and oxygen atoms in total. The van der Waals surface area contributed by atoms with Crippen molar-refractivity contribution in [1.29, 1.82) is 0 Å². The molecule has 0 aromatic rings. The van der Waals surface area contributed by atoms with Crippen LogP contribution >= 0.6 is 0 Å². The van der Waals surface area contributed by atoms with Gasteiger partial charge in [0.15, 0.2) is 0 Å². The molecule has 0 bridgehead atoms. The van der Waals surface area contributed by atoms with Crippen LogP contribution in [0.1, 0.15) is 1.43 Å². The van der Waals surface area contributed by atoms with Gasteiger partial charge in [-0.25, -0.2) is 0 Å². The fourth-order valence-electron chi connectivity index (χ4n) is 0. The maximum absolute atomic E-state index is 8.80. The molecule has 0 saturated heterocycles. The molecule has 8 heavy (non-hydrogen) atoms. The summed E-state index contributed by atoms with van der Waals surface area (Å²) in [5.41, 5.74) is 0. The monoisotopic (exact) mass is 266 g/mol. The summed E-state index contributed by atoms with van der Waals surface area (Å²) in [5, 5.41) is 0. The van der Waals surface area contributed by atoms with E-state index >= 15 is 0 Å². The fraction of sp³-hybridized carbons (Fsp3) is 0. The van der Waals surface area contributed by atoms with Gasteiger partial charge in [-0.05, 0) is 0 Å². The Labute approximate surface area is 92.9 Å². The first kappa shape index (κ1) is 22.5. The Morgan fingerprint density at radius 1 is 1.25 bits per heavy atom. The Hall–Kier alpha value is 2.05. The van der Waals surface area contributed by atoms with Crippen molar-refractivity contribution in [2.24, 2.45) is 0 Å². The molecule has 8 heteroatoms. The molecule has 0 fully saturated rings. The van der Waals surface area contributed by atoms with Crippen molar-refractivity contribution in [3.8, 4) is 0 Å². The summed E-state index contributed by atoms with van der Waals surface area (Å²) in [7, 11) is 0. The summed E-state index contributed by atoms with van der Waals surface area (Å²) in [5.74, 6) is 0. The Balaban J connectivity index is -0.0000000133. The van der Waals surface area contributed by atoms with Crippen molar-refractivity contribution in [2.45, 2.75) is 0 Å². The van der Waals surface area contributed by atoms with Gasteiger partial charge in [0.2, 0.25) is 0 Å². The molecule has 0 aliphatic carbocycles. The predicted molar refractivity (Wildman–Crippen MR) is 6.92 cm³/mol. The first-order valence-corrected chi connectivity index (χ1v) is 2.67. The van der Waals surface area contributed by atoms with Gasteiger partial charge in [0.05, 0.1) is 0 Å². The van der Waals surface area contributed by atoms with Crippen molar-refractivity contribution in [3.05, 3.63) is 0 Å². The van der Waals surface area contributed by atoms with Gasteiger partial charge >= 0.3 is 59.0 Å². The summed E-state index contributed by atoms with van der Waals surface area (Å²) in [6.07, 6.45) is 0. The molecule has 0 atom stereocenters. The maximum atomic E-state index is 8.80. The van der Waals surface area contributed by atoms with E-state index in [4.69, 9.17) is 16.0 Å². The molecule has 0 rings (SSSR count). The van der Waals surface area contributed by atoms with Crippen molar-refractivity contribution < 1.29 is 94.0 Å². The summed E-state index contributed by atoms with van der Waals surface area (Å²) in [6, 6.07) is 0. The Bertz CT molecular complexity index is 104. The molecule has 0 heterocycles. The Kier molecular flexibility index (Phi) is 25.4. The van der Waals surface area contributed by atoms with E-state index < -0.39 is 13.4 Å². The third-order valence-corrected chi connectivity index (χ3v) is 0. The molecular weight excluding hydrogens is 264 g/mol. The SMILES string of the molecule is [Cu].[H-].[Na+].[Ni].[O]=[Mn](=[O])([OH])[OH]. The van der Waals surface area contributed by atoms with Crippen LogP contribution in [-0.2, 0) is 54.6 Å². The van der Waals surface area contributed by atoms with Gasteiger partial charge in [0, 0.05) is 33.6 Å². The van der Waals surface area contributed by atoms with Crippen molar-refractivity contribution >= 4 is 0 Å². The molecule has 0 amide bonds. The second-order valence-corrected chi connectivity index (χ2v) is 1.71. The van der Waals surface area contributed by atoms with Crippen molar-refractivity contribution in [3.63, 3.8) is 0 Å². The van der Waals surface area contributed by atoms with E-state index in [2.05, 4.69) is 0 Å². The molecular formula is H3CuMnNaNiO4. The third kappa shape index (κ3) is 95.1. The van der Waals surface area contributed by atoms with E-state index in [0.29, 0.717) is 0 Å². The fourth-order valence-corrected chi connectivity index (χ4v) is 0. The number of hydrogen-bond donors (Lipinski definition) is 2. The van der Waals surface area contributed by atoms with Crippen LogP contribution in [0, 0.1) is 0 Å². The molecule has 0 saturated carbocycles. The van der Waals surface area contributed by atoms with E-state index in [1.165, 1.54) is 0 Å². The number of rotatable bonds is 0. The Morgan fingerprint density at radius 3 is 1.25 bits per heavy atom. The van der Waals surface area contributed by atoms with E-state index in [0.717, 1.165) is 0 Å². The van der Waals surface area contributed by atoms with Crippen LogP contribution in [0.4, 0.5) is 0 Å². The van der Waals surface area contributed by atoms with Crippen LogP contribution in [0.25, 0.3) is 0 Å². The van der Waals surface area contributed by atoms with Gasteiger partial charge in [-0.3, -0.25) is 0 Å². The first-order valence-electron chi connectivity index (χ1n) is 0.647. The second kappa shape index (κ2) is 9.05. The molecule has 0 spiro atoms. The molecule has 2 N–H and O–H groups in total. The molecule has 56 valence electrons. The van der Waals surface area contributed by atoms with Gasteiger partial charge in [0.1, 0.15) is 0 Å². The summed E-state index contributed by atoms with van der Waals surface area (Å²) in [4.78, 5) is 0. The topological polar surface area (TPSA) is 74.6 Å². The summed E-state index contributed by atoms with van der Waals surface area (Å²) < 4.78 is 31.8. The minimum atomic E-state index is -5.12. The van der Waals surface area contributed by atoms with Gasteiger partial charge in [-0.15, -0.1) is 0 Å². The van der Waals surface area contributed by atoms with E-state index in [1.807, 2.05) is 0 Å². The standard InChI is InChI=1S/Cu.Mn.Na.Ni.2H2O.2O.H/h;;;;2*1H2;;;/q;+2;+1;;;;;;-1/p-2. The molecule has 0 aromatic carbocycles. The second-order valence-electron chi connectivity index (χ2n) is 0.415. The normalized spacial score (nSPS) is 7.25. The molecule has 0 aromatic heterocycles. The number of hydrogen-bond acceptors (Lipinski definition) is 2. The average molecular weight is 267 g/mol. The van der Waals surface area contributed by atoms with Crippen LogP contribution in [0.5, 0.6) is 0 Å². The van der Waals surface area contributed by atoms with Crippen molar-refractivity contribution in [2.75, 3.05) is 0 Å². The van der Waals surface area contributed by atoms with Gasteiger partial charge < -0.3 is 1.43 Å². The molecule has 0 aliphatic rings. The predicted octanol–water partition coefficient (Wildman–Crippen LogP) is -4.24. The zero-order chi connectivity index (χ0) is 4.50. The third-order valence-electron chi connectivity index (χ3n) is 0. The van der Waals surface area contributed by atoms with Gasteiger partial charge in [-0.2, -0.15) is 0 Å². The zero-order valence-electron chi connectivity index (χ0n) is 4.71. The summed E-state index contributed by atoms with van der Waals surface area (Å²) in [6.45, 7) is 0. The van der Waals surface area contributed by atoms with E-state index in [9.17, 15) is 0 Å². The van der Waals surface area contributed by atoms with Crippen molar-refractivity contribution in [1.82, 2.24) is 0 Å². The van der Waals surface area contributed by atoms with Crippen LogP contribution in [-0.4, -0.2) is 8.38 Å². The minimum absolute atomic E-state index is 0. The quantitative estimate of drug-likeness (QED) is 0.436. The van der Waals surface area contributed by atoms with Crippen LogP contribution < -0.4 is 29.6 Å². The molecule has 0 aliphatic heterocycles. The van der Waals surface area contributed by atoms with Crippen LogP contribution in [0.2, 0.25) is 0 Å². The van der Waals surface area contributed by atoms with Gasteiger partial charge in [-0.1, -0.05) is 0 Å². The first-order chi connectivity index (χ1) is 2.00. The van der Waals surface area contributed by atoms with Gasteiger partial charge in [0.25, 0.3) is 0 Å². The van der Waals surface area contributed by atoms with Crippen LogP contribution in [0.15, 0.2) is 0 Å². The Morgan fingerprint density at radius 2 is 1.25 bits per heavy atom. The van der Waals surface area contributed by atoms with Crippen LogP contribution in [0.3, 0.4) is 0 Å². The molecule has 0 unspecified atom stereocenters. The van der Waals surface area contributed by atoms with E-state index in [1.54, 1.807) is 0 Å². The molecule has 1 radical (unpaired) electrons. The van der Waals surface area contributed by atoms with E-state index in [-0.39, 0.29) is 64.5 Å².